The Balaban J connectivity index is 1.95. The molecule has 0 spiro atoms. The van der Waals surface area contributed by atoms with Gasteiger partial charge >= 0.3 is 0 Å². The molecule has 1 atom stereocenters. The van der Waals surface area contributed by atoms with Gasteiger partial charge in [-0.05, 0) is 25.8 Å². The van der Waals surface area contributed by atoms with E-state index in [2.05, 4.69) is 27.1 Å². The number of nitrogens with one attached hydrogen (secondary N) is 2. The normalized spacial score (nSPS) is 19.0. The standard InChI is InChI=1S/C12H17N5O2/c1-3-10(18)17-6-4-5-9(7-17)11(19)14-12-13-8(2)15-16-12/h3,9H,1,4-7H2,2H3,(H2,13,14,15,16,19). The molecule has 1 saturated heterocycles. The van der Waals surface area contributed by atoms with Crippen molar-refractivity contribution in [3.63, 3.8) is 0 Å². The highest BCUT2D eigenvalue weighted by Gasteiger charge is 2.27. The van der Waals surface area contributed by atoms with Crippen LogP contribution in [0, 0.1) is 12.8 Å². The summed E-state index contributed by atoms with van der Waals surface area (Å²) in [7, 11) is 0. The number of likely N-dealkylation sites (tertiary alicyclic amines) is 1. The number of aryl methyl sites for hydroxylation is 1. The van der Waals surface area contributed by atoms with Crippen molar-refractivity contribution in [2.24, 2.45) is 5.92 Å². The molecule has 0 saturated carbocycles. The highest BCUT2D eigenvalue weighted by Crippen LogP contribution is 2.18. The number of hydrogen-bond donors (Lipinski definition) is 2. The van der Waals surface area contributed by atoms with E-state index >= 15 is 0 Å². The minimum Gasteiger partial charge on any atom is -0.338 e. The summed E-state index contributed by atoms with van der Waals surface area (Å²) < 4.78 is 0. The van der Waals surface area contributed by atoms with E-state index in [9.17, 15) is 9.59 Å². The summed E-state index contributed by atoms with van der Waals surface area (Å²) in [6, 6.07) is 0. The zero-order valence-electron chi connectivity index (χ0n) is 10.8. The van der Waals surface area contributed by atoms with Crippen molar-refractivity contribution in [1.29, 1.82) is 0 Å². The second-order valence-corrected chi connectivity index (χ2v) is 4.56. The third-order valence-electron chi connectivity index (χ3n) is 3.11. The van der Waals surface area contributed by atoms with E-state index in [1.165, 1.54) is 6.08 Å². The van der Waals surface area contributed by atoms with Crippen molar-refractivity contribution in [3.8, 4) is 0 Å². The summed E-state index contributed by atoms with van der Waals surface area (Å²) in [5, 5.41) is 9.17. The minimum absolute atomic E-state index is 0.133. The molecule has 1 unspecified atom stereocenters. The number of piperidine rings is 1. The molecule has 0 radical (unpaired) electrons. The number of anilines is 1. The van der Waals surface area contributed by atoms with Gasteiger partial charge in [0.15, 0.2) is 0 Å². The summed E-state index contributed by atoms with van der Waals surface area (Å²) in [5.74, 6) is 0.403. The Kier molecular flexibility index (Phi) is 3.94. The number of amides is 2. The Hall–Kier alpha value is -2.18. The molecule has 1 aliphatic rings. The summed E-state index contributed by atoms with van der Waals surface area (Å²) in [6.07, 6.45) is 2.85. The van der Waals surface area contributed by atoms with Crippen LogP contribution in [-0.4, -0.2) is 45.0 Å². The molecule has 1 aromatic rings. The van der Waals surface area contributed by atoms with Crippen LogP contribution < -0.4 is 5.32 Å². The van der Waals surface area contributed by atoms with E-state index in [1.54, 1.807) is 11.8 Å². The van der Waals surface area contributed by atoms with Gasteiger partial charge in [-0.1, -0.05) is 6.58 Å². The van der Waals surface area contributed by atoms with Gasteiger partial charge < -0.3 is 4.90 Å². The number of hydrogen-bond acceptors (Lipinski definition) is 4. The molecule has 0 aromatic carbocycles. The smallest absolute Gasteiger partial charge is 0.248 e. The fourth-order valence-corrected chi connectivity index (χ4v) is 2.13. The molecule has 7 heteroatoms. The first-order valence-electron chi connectivity index (χ1n) is 6.21. The van der Waals surface area contributed by atoms with Gasteiger partial charge in [-0.25, -0.2) is 0 Å². The van der Waals surface area contributed by atoms with Gasteiger partial charge in [0.1, 0.15) is 5.82 Å². The Morgan fingerprint density at radius 1 is 1.58 bits per heavy atom. The SMILES string of the molecule is C=CC(=O)N1CCCC(C(=O)Nc2n[nH]c(C)n2)C1. The fourth-order valence-electron chi connectivity index (χ4n) is 2.13. The number of aromatic nitrogens is 3. The predicted octanol–water partition coefficient (Wildman–Crippen LogP) is 0.476. The van der Waals surface area contributed by atoms with E-state index in [4.69, 9.17) is 0 Å². The maximum absolute atomic E-state index is 12.1. The maximum Gasteiger partial charge on any atom is 0.248 e. The molecule has 1 fully saturated rings. The largest absolute Gasteiger partial charge is 0.338 e. The monoisotopic (exact) mass is 263 g/mol. The van der Waals surface area contributed by atoms with Gasteiger partial charge in [0.25, 0.3) is 0 Å². The second kappa shape index (κ2) is 5.64. The summed E-state index contributed by atoms with van der Waals surface area (Å²) >= 11 is 0. The maximum atomic E-state index is 12.1. The molecule has 0 bridgehead atoms. The Labute approximate surface area is 111 Å². The van der Waals surface area contributed by atoms with Gasteiger partial charge in [-0.2, -0.15) is 4.98 Å². The lowest BCUT2D eigenvalue weighted by atomic mass is 9.97. The topological polar surface area (TPSA) is 91.0 Å². The molecule has 2 amide bonds. The lowest BCUT2D eigenvalue weighted by molar-refractivity contribution is -0.130. The average Bonchev–Trinajstić information content (AvgIpc) is 2.83. The van der Waals surface area contributed by atoms with Gasteiger partial charge in [0.05, 0.1) is 5.92 Å². The Morgan fingerprint density at radius 3 is 3.00 bits per heavy atom. The van der Waals surface area contributed by atoms with Crippen LogP contribution >= 0.6 is 0 Å². The summed E-state index contributed by atoms with van der Waals surface area (Å²) in [6.45, 7) is 6.31. The van der Waals surface area contributed by atoms with Crippen molar-refractivity contribution >= 4 is 17.8 Å². The van der Waals surface area contributed by atoms with E-state index in [0.717, 1.165) is 12.8 Å². The van der Waals surface area contributed by atoms with Crippen molar-refractivity contribution in [3.05, 3.63) is 18.5 Å². The quantitative estimate of drug-likeness (QED) is 0.776. The van der Waals surface area contributed by atoms with Crippen molar-refractivity contribution < 1.29 is 9.59 Å². The number of H-pyrrole nitrogens is 1. The number of carbonyl (C=O) groups is 2. The first-order valence-corrected chi connectivity index (χ1v) is 6.21. The lowest BCUT2D eigenvalue weighted by Crippen LogP contribution is -2.43. The number of nitrogens with zero attached hydrogens (tertiary/aromatic N) is 3. The van der Waals surface area contributed by atoms with Crippen LogP contribution in [0.15, 0.2) is 12.7 Å². The van der Waals surface area contributed by atoms with Crippen LogP contribution in [-0.2, 0) is 9.59 Å². The molecule has 19 heavy (non-hydrogen) atoms. The summed E-state index contributed by atoms with van der Waals surface area (Å²) in [4.78, 5) is 29.3. The molecule has 2 heterocycles. The third-order valence-corrected chi connectivity index (χ3v) is 3.11. The van der Waals surface area contributed by atoms with Crippen molar-refractivity contribution in [1.82, 2.24) is 20.1 Å². The molecular weight excluding hydrogens is 246 g/mol. The zero-order chi connectivity index (χ0) is 13.8. The molecule has 2 N–H and O–H groups in total. The van der Waals surface area contributed by atoms with E-state index in [0.29, 0.717) is 18.9 Å². The Morgan fingerprint density at radius 2 is 2.37 bits per heavy atom. The second-order valence-electron chi connectivity index (χ2n) is 4.56. The van der Waals surface area contributed by atoms with Crippen LogP contribution in [0.25, 0.3) is 0 Å². The average molecular weight is 263 g/mol. The van der Waals surface area contributed by atoms with Gasteiger partial charge in [-0.15, -0.1) is 5.10 Å². The van der Waals surface area contributed by atoms with Crippen LogP contribution in [0.4, 0.5) is 5.95 Å². The van der Waals surface area contributed by atoms with Crippen molar-refractivity contribution in [2.45, 2.75) is 19.8 Å². The minimum atomic E-state index is -0.226. The number of carbonyl (C=O) groups excluding carboxylic acids is 2. The van der Waals surface area contributed by atoms with Crippen molar-refractivity contribution in [2.75, 3.05) is 18.4 Å². The van der Waals surface area contributed by atoms with Crippen LogP contribution in [0.2, 0.25) is 0 Å². The number of aromatic amines is 1. The van der Waals surface area contributed by atoms with Crippen LogP contribution in [0.1, 0.15) is 18.7 Å². The van der Waals surface area contributed by atoms with Gasteiger partial charge in [0, 0.05) is 13.1 Å². The van der Waals surface area contributed by atoms with E-state index < -0.39 is 0 Å². The highest BCUT2D eigenvalue weighted by atomic mass is 16.2. The third kappa shape index (κ3) is 3.18. The Bertz CT molecular complexity index is 496. The molecule has 2 rings (SSSR count). The predicted molar refractivity (Wildman–Crippen MR) is 69.3 cm³/mol. The van der Waals surface area contributed by atoms with Crippen LogP contribution in [0.5, 0.6) is 0 Å². The van der Waals surface area contributed by atoms with Gasteiger partial charge in [-0.3, -0.25) is 20.0 Å². The lowest BCUT2D eigenvalue weighted by Gasteiger charge is -2.31. The first kappa shape index (κ1) is 13.3. The fraction of sp³-hybridized carbons (Fsp3) is 0.500. The zero-order valence-corrected chi connectivity index (χ0v) is 10.8. The molecule has 102 valence electrons. The molecule has 7 nitrogen and oxygen atoms in total. The van der Waals surface area contributed by atoms with E-state index in [1.807, 2.05) is 0 Å². The molecular formula is C12H17N5O2. The highest BCUT2D eigenvalue weighted by molar-refractivity contribution is 5.92. The molecule has 1 aromatic heterocycles. The number of rotatable bonds is 3. The van der Waals surface area contributed by atoms with Gasteiger partial charge in [0.2, 0.25) is 17.8 Å². The molecule has 1 aliphatic heterocycles. The summed E-state index contributed by atoms with van der Waals surface area (Å²) in [5.41, 5.74) is 0. The van der Waals surface area contributed by atoms with E-state index in [-0.39, 0.29) is 23.7 Å². The van der Waals surface area contributed by atoms with Crippen LogP contribution in [0.3, 0.4) is 0 Å². The molecule has 0 aliphatic carbocycles. The first-order chi connectivity index (χ1) is 9.10.